The van der Waals surface area contributed by atoms with Gasteiger partial charge in [0.2, 0.25) is 0 Å². The number of carbonyl (C=O) groups is 1. The minimum Gasteiger partial charge on any atom is -0.545 e. The van der Waals surface area contributed by atoms with Gasteiger partial charge in [-0.15, -0.1) is 6.42 Å². The van der Waals surface area contributed by atoms with Gasteiger partial charge in [0.15, 0.2) is 0 Å². The first-order valence-corrected chi connectivity index (χ1v) is 5.45. The molecule has 0 N–H and O–H groups in total. The van der Waals surface area contributed by atoms with E-state index in [0.717, 1.165) is 17.6 Å². The summed E-state index contributed by atoms with van der Waals surface area (Å²) >= 11 is 0. The second-order valence-corrected chi connectivity index (χ2v) is 4.27. The van der Waals surface area contributed by atoms with Crippen molar-refractivity contribution in [1.82, 2.24) is 0 Å². The quantitative estimate of drug-likeness (QED) is 0.571. The van der Waals surface area contributed by atoms with Crippen molar-refractivity contribution >= 4 is 5.97 Å². The zero-order valence-electron chi connectivity index (χ0n) is 10.6. The Hall–Kier alpha value is -1.79. The van der Waals surface area contributed by atoms with Crippen molar-refractivity contribution in [3.63, 3.8) is 0 Å². The average Bonchev–Trinajstić information content (AvgIpc) is 2.31. The lowest BCUT2D eigenvalue weighted by molar-refractivity contribution is -0.881. The number of terminal acetylenes is 1. The van der Waals surface area contributed by atoms with Crippen LogP contribution < -0.4 is 5.11 Å². The largest absolute Gasteiger partial charge is 0.545 e. The van der Waals surface area contributed by atoms with Crippen molar-refractivity contribution in [2.24, 2.45) is 0 Å². The van der Waals surface area contributed by atoms with Crippen LogP contribution in [0.15, 0.2) is 30.3 Å². The molecule has 0 bridgehead atoms. The predicted molar refractivity (Wildman–Crippen MR) is 67.1 cm³/mol. The van der Waals surface area contributed by atoms with E-state index in [1.165, 1.54) is 12.1 Å². The van der Waals surface area contributed by atoms with Gasteiger partial charge in [0.25, 0.3) is 0 Å². The molecule has 0 unspecified atom stereocenters. The second-order valence-electron chi connectivity index (χ2n) is 4.27. The molecule has 3 heteroatoms. The number of carboxylic acids is 1. The number of quaternary nitrogens is 1. The Labute approximate surface area is 103 Å². The van der Waals surface area contributed by atoms with E-state index >= 15 is 0 Å². The molecule has 3 nitrogen and oxygen atoms in total. The van der Waals surface area contributed by atoms with Crippen molar-refractivity contribution in [1.29, 1.82) is 0 Å². The van der Waals surface area contributed by atoms with Crippen LogP contribution in [0.1, 0.15) is 17.3 Å². The molecule has 0 heterocycles. The number of aromatic carboxylic acids is 1. The van der Waals surface area contributed by atoms with Gasteiger partial charge in [0, 0.05) is 0 Å². The number of benzene rings is 1. The molecule has 0 aromatic heterocycles. The van der Waals surface area contributed by atoms with Crippen molar-refractivity contribution in [3.8, 4) is 12.3 Å². The van der Waals surface area contributed by atoms with Gasteiger partial charge in [0.05, 0.1) is 26.6 Å². The van der Waals surface area contributed by atoms with Gasteiger partial charge in [0.1, 0.15) is 6.54 Å². The van der Waals surface area contributed by atoms with E-state index in [-0.39, 0.29) is 5.56 Å². The van der Waals surface area contributed by atoms with Crippen LogP contribution in [0, 0.1) is 12.3 Å². The Morgan fingerprint density at radius 2 is 1.88 bits per heavy atom. The van der Waals surface area contributed by atoms with Crippen molar-refractivity contribution in [2.75, 3.05) is 27.2 Å². The summed E-state index contributed by atoms with van der Waals surface area (Å²) in [4.78, 5) is 10.1. The lowest BCUT2D eigenvalue weighted by atomic mass is 10.2. The van der Waals surface area contributed by atoms with Gasteiger partial charge in [-0.1, -0.05) is 30.3 Å². The van der Waals surface area contributed by atoms with Gasteiger partial charge in [-0.3, -0.25) is 0 Å². The van der Waals surface area contributed by atoms with Crippen molar-refractivity contribution in [3.05, 3.63) is 35.9 Å². The summed E-state index contributed by atoms with van der Waals surface area (Å²) in [6.45, 7) is 4.07. The summed E-state index contributed by atoms with van der Waals surface area (Å²) in [6.07, 6.45) is 5.12. The Bertz CT molecular complexity index is 377. The SMILES string of the molecule is C#CC[N+](C)(C)CC.O=C([O-])c1ccccc1. The van der Waals surface area contributed by atoms with E-state index in [1.54, 1.807) is 18.2 Å². The third-order valence-electron chi connectivity index (χ3n) is 2.38. The molecule has 1 aromatic carbocycles. The van der Waals surface area contributed by atoms with Crippen LogP contribution in [0.5, 0.6) is 0 Å². The fraction of sp³-hybridized carbons (Fsp3) is 0.357. The summed E-state index contributed by atoms with van der Waals surface area (Å²) < 4.78 is 0.927. The fourth-order valence-corrected chi connectivity index (χ4v) is 0.933. The normalized spacial score (nSPS) is 9.76. The molecule has 1 rings (SSSR count). The average molecular weight is 233 g/mol. The number of carbonyl (C=O) groups excluding carboxylic acids is 1. The first-order chi connectivity index (χ1) is 7.93. The number of carboxylic acid groups (broad SMARTS) is 1. The molecule has 0 spiro atoms. The van der Waals surface area contributed by atoms with Gasteiger partial charge in [-0.05, 0) is 18.4 Å². The number of hydrogen-bond acceptors (Lipinski definition) is 2. The van der Waals surface area contributed by atoms with Crippen LogP contribution in [0.25, 0.3) is 0 Å². The Morgan fingerprint density at radius 1 is 1.35 bits per heavy atom. The van der Waals surface area contributed by atoms with E-state index in [2.05, 4.69) is 26.9 Å². The van der Waals surface area contributed by atoms with E-state index in [4.69, 9.17) is 6.42 Å². The van der Waals surface area contributed by atoms with Crippen molar-refractivity contribution < 1.29 is 14.4 Å². The number of nitrogens with zero attached hydrogens (tertiary/aromatic N) is 1. The third kappa shape index (κ3) is 7.15. The Morgan fingerprint density at radius 3 is 2.12 bits per heavy atom. The number of rotatable bonds is 3. The maximum Gasteiger partial charge on any atom is 0.140 e. The van der Waals surface area contributed by atoms with Crippen LogP contribution in [-0.4, -0.2) is 37.6 Å². The molecule has 0 aliphatic carbocycles. The van der Waals surface area contributed by atoms with Crippen LogP contribution >= 0.6 is 0 Å². The Balaban J connectivity index is 0.000000304. The van der Waals surface area contributed by atoms with E-state index in [1.807, 2.05) is 0 Å². The summed E-state index contributed by atoms with van der Waals surface area (Å²) in [7, 11) is 4.25. The van der Waals surface area contributed by atoms with Crippen LogP contribution in [-0.2, 0) is 0 Å². The molecule has 92 valence electrons. The monoisotopic (exact) mass is 233 g/mol. The zero-order valence-corrected chi connectivity index (χ0v) is 10.6. The fourth-order valence-electron chi connectivity index (χ4n) is 0.933. The van der Waals surface area contributed by atoms with Crippen molar-refractivity contribution in [2.45, 2.75) is 6.92 Å². The molecule has 0 aliphatic heterocycles. The molecule has 0 radical (unpaired) electrons. The van der Waals surface area contributed by atoms with Crippen LogP contribution in [0.3, 0.4) is 0 Å². The Kier molecular flexibility index (Phi) is 6.69. The third-order valence-corrected chi connectivity index (χ3v) is 2.38. The smallest absolute Gasteiger partial charge is 0.140 e. The topological polar surface area (TPSA) is 40.1 Å². The summed E-state index contributed by atoms with van der Waals surface area (Å²) in [5, 5.41) is 10.1. The first-order valence-electron chi connectivity index (χ1n) is 5.45. The van der Waals surface area contributed by atoms with E-state index in [9.17, 15) is 9.90 Å². The molecule has 17 heavy (non-hydrogen) atoms. The molecule has 0 atom stereocenters. The standard InChI is InChI=1S/C7H14N.C7H6O2/c1-5-7-8(3,4)6-2;8-7(9)6-4-2-1-3-5-6/h1H,6-7H2,2-4H3;1-5H,(H,8,9)/q+1;/p-1. The molecule has 0 saturated heterocycles. The highest BCUT2D eigenvalue weighted by atomic mass is 16.4. The molecule has 0 fully saturated rings. The van der Waals surface area contributed by atoms with Crippen LogP contribution in [0.4, 0.5) is 0 Å². The van der Waals surface area contributed by atoms with Gasteiger partial charge < -0.3 is 14.4 Å². The van der Waals surface area contributed by atoms with Gasteiger partial charge >= 0.3 is 0 Å². The lowest BCUT2D eigenvalue weighted by Crippen LogP contribution is -2.39. The highest BCUT2D eigenvalue weighted by Gasteiger charge is 2.06. The zero-order chi connectivity index (χ0) is 13.3. The lowest BCUT2D eigenvalue weighted by Gasteiger charge is -2.24. The second kappa shape index (κ2) is 7.48. The van der Waals surface area contributed by atoms with Gasteiger partial charge in [-0.25, -0.2) is 0 Å². The minimum atomic E-state index is -1.13. The summed E-state index contributed by atoms with van der Waals surface area (Å²) in [5.41, 5.74) is 0.220. The molecule has 0 aliphatic rings. The highest BCUT2D eigenvalue weighted by molar-refractivity contribution is 5.85. The minimum absolute atomic E-state index is 0.220. The number of hydrogen-bond donors (Lipinski definition) is 0. The first kappa shape index (κ1) is 15.2. The van der Waals surface area contributed by atoms with E-state index in [0.29, 0.717) is 0 Å². The maximum atomic E-state index is 10.1. The molecule has 1 aromatic rings. The molecular weight excluding hydrogens is 214 g/mol. The molecule has 0 amide bonds. The summed E-state index contributed by atoms with van der Waals surface area (Å²) in [6, 6.07) is 8.06. The highest BCUT2D eigenvalue weighted by Crippen LogP contribution is 1.94. The van der Waals surface area contributed by atoms with Gasteiger partial charge in [-0.2, -0.15) is 0 Å². The molecular formula is C14H19NO2. The van der Waals surface area contributed by atoms with Crippen LogP contribution in [0.2, 0.25) is 0 Å². The van der Waals surface area contributed by atoms with E-state index < -0.39 is 5.97 Å². The maximum absolute atomic E-state index is 10.1. The summed E-state index contributed by atoms with van der Waals surface area (Å²) in [5.74, 6) is 1.50. The molecule has 0 saturated carbocycles. The predicted octanol–water partition coefficient (Wildman–Crippen LogP) is 0.766.